The number of allylic oxidation sites excluding steroid dienone is 8. The molecule has 6 nitrogen and oxygen atoms in total. The van der Waals surface area contributed by atoms with Crippen molar-refractivity contribution in [2.75, 3.05) is 20.8 Å². The lowest BCUT2D eigenvalue weighted by molar-refractivity contribution is 0.0915. The molecule has 7 heteroatoms. The Hall–Kier alpha value is -3.68. The predicted octanol–water partition coefficient (Wildman–Crippen LogP) is 6.78. The zero-order valence-electron chi connectivity index (χ0n) is 24.9. The summed E-state index contributed by atoms with van der Waals surface area (Å²) in [7, 11) is 3.28. The van der Waals surface area contributed by atoms with Crippen LogP contribution in [-0.2, 0) is 9.47 Å². The first-order chi connectivity index (χ1) is 19.2. The van der Waals surface area contributed by atoms with Crippen molar-refractivity contribution >= 4 is 28.8 Å². The molecular formula is C33H45N3O3S. The van der Waals surface area contributed by atoms with E-state index in [0.29, 0.717) is 17.2 Å². The van der Waals surface area contributed by atoms with Gasteiger partial charge in [0.15, 0.2) is 5.11 Å². The van der Waals surface area contributed by atoms with E-state index in [9.17, 15) is 4.79 Å². The lowest BCUT2D eigenvalue weighted by Gasteiger charge is -2.17. The number of thiocarbonyl (C=S) groups is 1. The van der Waals surface area contributed by atoms with Gasteiger partial charge in [-0.3, -0.25) is 4.79 Å². The third kappa shape index (κ3) is 12.5. The molecule has 0 aliphatic rings. The van der Waals surface area contributed by atoms with E-state index in [2.05, 4.69) is 35.5 Å². The Kier molecular flexibility index (Phi) is 16.6. The van der Waals surface area contributed by atoms with Crippen LogP contribution in [0.5, 0.6) is 0 Å². The highest BCUT2D eigenvalue weighted by Crippen LogP contribution is 2.17. The van der Waals surface area contributed by atoms with Crippen molar-refractivity contribution in [3.63, 3.8) is 0 Å². The molecule has 1 aromatic rings. The topological polar surface area (TPSA) is 71.6 Å². The van der Waals surface area contributed by atoms with Crippen molar-refractivity contribution in [1.82, 2.24) is 16.0 Å². The molecule has 0 saturated carbocycles. The van der Waals surface area contributed by atoms with Gasteiger partial charge in [-0.15, -0.1) is 0 Å². The van der Waals surface area contributed by atoms with E-state index in [1.54, 1.807) is 20.3 Å². The van der Waals surface area contributed by atoms with Gasteiger partial charge in [-0.25, -0.2) is 0 Å². The van der Waals surface area contributed by atoms with Crippen LogP contribution in [0.25, 0.3) is 5.57 Å². The van der Waals surface area contributed by atoms with Gasteiger partial charge in [0, 0.05) is 31.0 Å². The maximum absolute atomic E-state index is 12.9. The largest absolute Gasteiger partial charge is 0.498 e. The third-order valence-electron chi connectivity index (χ3n) is 5.80. The van der Waals surface area contributed by atoms with Crippen molar-refractivity contribution in [2.45, 2.75) is 53.2 Å². The molecule has 0 bridgehead atoms. The standard InChI is InChI=1S/C33H45N3O3S/c1-9-13-16-27(12-4)28-17-19-29(20-18-28)32(37)35-24(5)21-30(15-11-3)36-33(40)34-23-26(14-10-2)22-31(39-8)25(6)38-7/h9,11-22,24-25H,4,10,23H2,1-3,5-8H3,(H,35,37)(H2,34,36,40)/b13-9-,15-11-,26-14+,27-16+,30-21+,31-22+. The molecule has 40 heavy (non-hydrogen) atoms. The molecule has 0 saturated heterocycles. The Morgan fingerprint density at radius 2 is 1.77 bits per heavy atom. The molecule has 0 heterocycles. The molecule has 0 fully saturated rings. The fourth-order valence-electron chi connectivity index (χ4n) is 3.66. The summed E-state index contributed by atoms with van der Waals surface area (Å²) in [6.45, 7) is 14.2. The third-order valence-corrected chi connectivity index (χ3v) is 6.04. The molecule has 0 aliphatic heterocycles. The van der Waals surface area contributed by atoms with Crippen molar-refractivity contribution in [3.8, 4) is 0 Å². The summed E-state index contributed by atoms with van der Waals surface area (Å²) in [6.07, 6.45) is 18.2. The molecule has 1 aromatic carbocycles. The number of rotatable bonds is 15. The Labute approximate surface area is 246 Å². The van der Waals surface area contributed by atoms with Crippen molar-refractivity contribution < 1.29 is 14.3 Å². The van der Waals surface area contributed by atoms with Gasteiger partial charge in [0.05, 0.1) is 7.11 Å². The minimum absolute atomic E-state index is 0.154. The second-order valence-corrected chi connectivity index (χ2v) is 9.35. The van der Waals surface area contributed by atoms with Gasteiger partial charge in [0.2, 0.25) is 0 Å². The van der Waals surface area contributed by atoms with E-state index < -0.39 is 0 Å². The number of benzene rings is 1. The van der Waals surface area contributed by atoms with Crippen LogP contribution in [0.4, 0.5) is 0 Å². The average Bonchev–Trinajstić information content (AvgIpc) is 2.94. The maximum Gasteiger partial charge on any atom is 0.251 e. The average molecular weight is 564 g/mol. The van der Waals surface area contributed by atoms with Crippen molar-refractivity contribution in [2.24, 2.45) is 0 Å². The van der Waals surface area contributed by atoms with Crippen LogP contribution in [0, 0.1) is 0 Å². The summed E-state index contributed by atoms with van der Waals surface area (Å²) in [5.74, 6) is 0.580. The van der Waals surface area contributed by atoms with Crippen LogP contribution in [0.2, 0.25) is 0 Å². The smallest absolute Gasteiger partial charge is 0.251 e. The Morgan fingerprint density at radius 3 is 2.33 bits per heavy atom. The fraction of sp³-hybridized carbons (Fsp3) is 0.333. The molecule has 1 rings (SSSR count). The highest BCUT2D eigenvalue weighted by Gasteiger charge is 2.11. The van der Waals surface area contributed by atoms with E-state index >= 15 is 0 Å². The first kappa shape index (κ1) is 34.3. The van der Waals surface area contributed by atoms with Crippen LogP contribution in [0.15, 0.2) is 103 Å². The van der Waals surface area contributed by atoms with Gasteiger partial charge in [0.25, 0.3) is 5.91 Å². The SMILES string of the molecule is C=C/C(=C\C=C/C)c1ccc(C(=O)NC(C)/C=C(\C=C/C)NC(=S)NCC(=C/CC)/C=C(/OC)C(C)OC)cc1. The molecule has 2 unspecified atom stereocenters. The molecule has 216 valence electrons. The number of carbonyl (C=O) groups is 1. The molecule has 0 aliphatic carbocycles. The summed E-state index contributed by atoms with van der Waals surface area (Å²) >= 11 is 5.55. The highest BCUT2D eigenvalue weighted by molar-refractivity contribution is 7.80. The second kappa shape index (κ2) is 19.4. The number of carbonyl (C=O) groups excluding carboxylic acids is 1. The minimum Gasteiger partial charge on any atom is -0.498 e. The van der Waals surface area contributed by atoms with E-state index in [-0.39, 0.29) is 18.1 Å². The van der Waals surface area contributed by atoms with Gasteiger partial charge in [-0.2, -0.15) is 0 Å². The Morgan fingerprint density at radius 1 is 1.10 bits per heavy atom. The lowest BCUT2D eigenvalue weighted by Crippen LogP contribution is -2.37. The molecular weight excluding hydrogens is 518 g/mol. The summed E-state index contributed by atoms with van der Waals surface area (Å²) in [5.41, 5.74) is 4.38. The predicted molar refractivity (Wildman–Crippen MR) is 173 cm³/mol. The summed E-state index contributed by atoms with van der Waals surface area (Å²) in [4.78, 5) is 12.9. The number of hydrogen-bond donors (Lipinski definition) is 3. The second-order valence-electron chi connectivity index (χ2n) is 8.94. The monoisotopic (exact) mass is 563 g/mol. The number of ether oxygens (including phenoxy) is 2. The van der Waals surface area contributed by atoms with Gasteiger partial charge in [-0.1, -0.05) is 62.1 Å². The normalized spacial score (nSPS) is 14.7. The summed E-state index contributed by atoms with van der Waals surface area (Å²) < 4.78 is 10.9. The van der Waals surface area contributed by atoms with Crippen molar-refractivity contribution in [1.29, 1.82) is 0 Å². The quantitative estimate of drug-likeness (QED) is 0.124. The first-order valence-corrected chi connectivity index (χ1v) is 13.9. The highest BCUT2D eigenvalue weighted by atomic mass is 32.1. The van der Waals surface area contributed by atoms with Crippen LogP contribution in [-0.4, -0.2) is 43.9 Å². The molecule has 0 aromatic heterocycles. The van der Waals surface area contributed by atoms with E-state index in [1.807, 2.05) is 94.5 Å². The number of nitrogens with one attached hydrogen (secondary N) is 3. The van der Waals surface area contributed by atoms with Crippen LogP contribution >= 0.6 is 12.2 Å². The van der Waals surface area contributed by atoms with Gasteiger partial charge in [-0.05, 0) is 93.4 Å². The molecule has 0 spiro atoms. The molecule has 0 radical (unpaired) electrons. The van der Waals surface area contributed by atoms with Crippen molar-refractivity contribution in [3.05, 3.63) is 114 Å². The van der Waals surface area contributed by atoms with Crippen LogP contribution < -0.4 is 16.0 Å². The summed E-state index contributed by atoms with van der Waals surface area (Å²) in [6, 6.07) is 7.23. The number of methoxy groups -OCH3 is 2. The van der Waals surface area contributed by atoms with Gasteiger partial charge >= 0.3 is 0 Å². The first-order valence-electron chi connectivity index (χ1n) is 13.5. The number of amides is 1. The Balaban J connectivity index is 2.87. The van der Waals surface area contributed by atoms with E-state index in [0.717, 1.165) is 34.6 Å². The molecule has 3 N–H and O–H groups in total. The Bertz CT molecular complexity index is 1160. The number of hydrogen-bond acceptors (Lipinski definition) is 4. The van der Waals surface area contributed by atoms with E-state index in [4.69, 9.17) is 21.7 Å². The van der Waals surface area contributed by atoms with Gasteiger partial charge < -0.3 is 25.4 Å². The maximum atomic E-state index is 12.9. The van der Waals surface area contributed by atoms with Crippen LogP contribution in [0.1, 0.15) is 57.0 Å². The fourth-order valence-corrected chi connectivity index (χ4v) is 3.85. The zero-order chi connectivity index (χ0) is 29.9. The zero-order valence-corrected chi connectivity index (χ0v) is 25.7. The van der Waals surface area contributed by atoms with Gasteiger partial charge in [0.1, 0.15) is 11.9 Å². The van der Waals surface area contributed by atoms with E-state index in [1.165, 1.54) is 0 Å². The van der Waals surface area contributed by atoms with Crippen LogP contribution in [0.3, 0.4) is 0 Å². The minimum atomic E-state index is -0.245. The molecule has 2 atom stereocenters. The molecule has 1 amide bonds. The lowest BCUT2D eigenvalue weighted by atomic mass is 10.0. The summed E-state index contributed by atoms with van der Waals surface area (Å²) in [5, 5.41) is 9.96.